The average molecular weight is 707 g/mol. The van der Waals surface area contributed by atoms with E-state index in [-0.39, 0.29) is 58.9 Å². The Morgan fingerprint density at radius 2 is 1.74 bits per heavy atom. The third-order valence-electron chi connectivity index (χ3n) is 6.61. The van der Waals surface area contributed by atoms with Crippen LogP contribution in [0.25, 0.3) is 10.4 Å². The number of methoxy groups -OCH3 is 1. The Kier molecular flexibility index (Phi) is 20.5. The molecule has 0 saturated carbocycles. The van der Waals surface area contributed by atoms with Crippen molar-refractivity contribution in [2.24, 2.45) is 11.0 Å². The Labute approximate surface area is 292 Å². The topological polar surface area (TPSA) is 219 Å². The van der Waals surface area contributed by atoms with Crippen LogP contribution in [0.2, 0.25) is 0 Å². The van der Waals surface area contributed by atoms with Crippen LogP contribution in [0.3, 0.4) is 0 Å². The van der Waals surface area contributed by atoms with E-state index in [0.717, 1.165) is 0 Å². The number of hydrogen-bond acceptors (Lipinski definition) is 14. The third-order valence-corrected chi connectivity index (χ3v) is 6.61. The zero-order valence-electron chi connectivity index (χ0n) is 29.3. The molecule has 1 unspecified atom stereocenters. The number of hydrogen-bond donors (Lipinski definition) is 2. The molecule has 1 aromatic rings. The van der Waals surface area contributed by atoms with Gasteiger partial charge in [-0.1, -0.05) is 22.5 Å². The van der Waals surface area contributed by atoms with Gasteiger partial charge in [0.15, 0.2) is 0 Å². The van der Waals surface area contributed by atoms with E-state index in [1.807, 2.05) is 24.3 Å². The first-order valence-electron chi connectivity index (χ1n) is 16.4. The van der Waals surface area contributed by atoms with Gasteiger partial charge in [0.05, 0.1) is 77.9 Å². The van der Waals surface area contributed by atoms with Crippen LogP contribution in [0.5, 0.6) is 0 Å². The Balaban J connectivity index is 1.88. The Morgan fingerprint density at radius 3 is 2.46 bits per heavy atom. The number of esters is 2. The monoisotopic (exact) mass is 706 g/mol. The van der Waals surface area contributed by atoms with Crippen molar-refractivity contribution in [1.82, 2.24) is 25.6 Å². The number of amides is 1. The number of alkyl carbamates (subject to hydrolysis) is 1. The van der Waals surface area contributed by atoms with Gasteiger partial charge in [0.1, 0.15) is 17.9 Å². The van der Waals surface area contributed by atoms with E-state index in [9.17, 15) is 14.4 Å². The number of carbonyl (C=O) groups is 3. The Hall–Kier alpha value is -4.48. The van der Waals surface area contributed by atoms with Crippen molar-refractivity contribution in [3.05, 3.63) is 58.0 Å². The molecule has 2 rings (SSSR count). The molecule has 0 radical (unpaired) electrons. The lowest BCUT2D eigenvalue weighted by molar-refractivity contribution is -0.148. The Morgan fingerprint density at radius 1 is 1.00 bits per heavy atom. The molecule has 0 aliphatic carbocycles. The average Bonchev–Trinajstić information content (AvgIpc) is 3.25. The fourth-order valence-electron chi connectivity index (χ4n) is 4.28. The number of nitrogens with one attached hydrogen (secondary N) is 2. The summed E-state index contributed by atoms with van der Waals surface area (Å²) in [5.74, 6) is -1.46. The molecule has 0 aromatic carbocycles. The maximum absolute atomic E-state index is 13.3. The first-order valence-corrected chi connectivity index (χ1v) is 16.4. The highest BCUT2D eigenvalue weighted by atomic mass is 16.6. The highest BCUT2D eigenvalue weighted by Gasteiger charge is 2.25. The highest BCUT2D eigenvalue weighted by molar-refractivity contribution is 5.76. The van der Waals surface area contributed by atoms with Crippen molar-refractivity contribution in [3.8, 4) is 0 Å². The zero-order valence-corrected chi connectivity index (χ0v) is 29.3. The molecule has 2 heterocycles. The number of azide groups is 1. The van der Waals surface area contributed by atoms with E-state index >= 15 is 0 Å². The summed E-state index contributed by atoms with van der Waals surface area (Å²) in [5.41, 5.74) is 9.46. The van der Waals surface area contributed by atoms with Gasteiger partial charge in [0, 0.05) is 42.9 Å². The SMILES string of the molecule is COC(=O)CCc1c(COCCNC(=O)OC(C)(C)C)nnn1CCOC(=O)C(CCOCCOCCOCCN=[N+]=[N-])C1=CC=CC=CN1. The van der Waals surface area contributed by atoms with Gasteiger partial charge in [-0.3, -0.25) is 9.59 Å². The minimum Gasteiger partial charge on any atom is -0.469 e. The minimum atomic E-state index is -0.624. The zero-order chi connectivity index (χ0) is 36.5. The van der Waals surface area contributed by atoms with E-state index in [4.69, 9.17) is 38.7 Å². The molecule has 1 aromatic heterocycles. The van der Waals surface area contributed by atoms with Gasteiger partial charge < -0.3 is 43.8 Å². The highest BCUT2D eigenvalue weighted by Crippen LogP contribution is 2.18. The number of ether oxygens (including phenoxy) is 7. The molecule has 278 valence electrons. The maximum Gasteiger partial charge on any atom is 0.407 e. The van der Waals surface area contributed by atoms with E-state index < -0.39 is 29.6 Å². The molecule has 1 atom stereocenters. The summed E-state index contributed by atoms with van der Waals surface area (Å²) in [7, 11) is 1.31. The van der Waals surface area contributed by atoms with E-state index in [1.54, 1.807) is 31.7 Å². The van der Waals surface area contributed by atoms with Crippen molar-refractivity contribution >= 4 is 18.0 Å². The van der Waals surface area contributed by atoms with Crippen LogP contribution < -0.4 is 10.6 Å². The second-order valence-corrected chi connectivity index (χ2v) is 11.6. The molecule has 0 fully saturated rings. The first-order chi connectivity index (χ1) is 24.1. The van der Waals surface area contributed by atoms with Gasteiger partial charge in [-0.25, -0.2) is 9.48 Å². The van der Waals surface area contributed by atoms with Crippen LogP contribution in [0.15, 0.2) is 41.3 Å². The normalized spacial score (nSPS) is 13.0. The molecule has 18 heteroatoms. The third kappa shape index (κ3) is 18.3. The lowest BCUT2D eigenvalue weighted by Crippen LogP contribution is -2.34. The summed E-state index contributed by atoms with van der Waals surface area (Å²) in [4.78, 5) is 39.7. The predicted molar refractivity (Wildman–Crippen MR) is 179 cm³/mol. The number of nitrogens with zero attached hydrogens (tertiary/aromatic N) is 6. The van der Waals surface area contributed by atoms with Crippen LogP contribution in [0, 0.1) is 5.92 Å². The number of allylic oxidation sites excluding steroid dienone is 4. The van der Waals surface area contributed by atoms with Crippen LogP contribution in [-0.4, -0.2) is 112 Å². The van der Waals surface area contributed by atoms with Gasteiger partial charge in [-0.15, -0.1) is 5.10 Å². The van der Waals surface area contributed by atoms with Crippen LogP contribution in [0.1, 0.15) is 45.0 Å². The number of rotatable bonds is 25. The molecular weight excluding hydrogens is 656 g/mol. The quantitative estimate of drug-likeness (QED) is 0.0374. The molecule has 1 aliphatic rings. The van der Waals surface area contributed by atoms with E-state index in [1.165, 1.54) is 7.11 Å². The molecule has 1 aliphatic heterocycles. The number of carbonyl (C=O) groups excluding carboxylic acids is 3. The van der Waals surface area contributed by atoms with E-state index in [0.29, 0.717) is 56.5 Å². The standard InChI is InChI=1S/C32H50N8O10/c1-32(2,3)50-31(43)35-13-17-48-24-27-28(9-10-29(41)44-4)40(39-37-27)15-19-49-30(42)25(26-8-6-5-7-12-34-26)11-16-45-20-22-47-23-21-46-18-14-36-38-33/h5-8,12,25,34H,9-11,13-24H2,1-4H3,(H,35,43). The summed E-state index contributed by atoms with van der Waals surface area (Å²) < 4.78 is 39.4. The van der Waals surface area contributed by atoms with Gasteiger partial charge in [-0.05, 0) is 44.9 Å². The maximum atomic E-state index is 13.3. The van der Waals surface area contributed by atoms with Crippen LogP contribution in [0.4, 0.5) is 4.79 Å². The molecule has 50 heavy (non-hydrogen) atoms. The fourth-order valence-corrected chi connectivity index (χ4v) is 4.28. The molecular formula is C32H50N8O10. The smallest absolute Gasteiger partial charge is 0.407 e. The summed E-state index contributed by atoms with van der Waals surface area (Å²) in [6.45, 7) is 8.37. The summed E-state index contributed by atoms with van der Waals surface area (Å²) in [5, 5.41) is 17.6. The first kappa shape index (κ1) is 41.7. The van der Waals surface area contributed by atoms with Crippen LogP contribution in [-0.2, 0) is 62.3 Å². The van der Waals surface area contributed by atoms with Gasteiger partial charge in [0.2, 0.25) is 0 Å². The Bertz CT molecular complexity index is 1320. The van der Waals surface area contributed by atoms with Crippen molar-refractivity contribution in [1.29, 1.82) is 0 Å². The van der Waals surface area contributed by atoms with E-state index in [2.05, 4.69) is 31.0 Å². The lowest BCUT2D eigenvalue weighted by Gasteiger charge is -2.19. The second kappa shape index (κ2) is 24.6. The van der Waals surface area contributed by atoms with Crippen molar-refractivity contribution in [2.75, 3.05) is 73.1 Å². The fraction of sp³-hybridized carbons (Fsp3) is 0.656. The molecule has 0 spiro atoms. The summed E-state index contributed by atoms with van der Waals surface area (Å²) in [6.07, 6.45) is 9.24. The molecule has 0 saturated heterocycles. The molecule has 0 bridgehead atoms. The van der Waals surface area contributed by atoms with Gasteiger partial charge in [0.25, 0.3) is 0 Å². The molecule has 18 nitrogen and oxygen atoms in total. The molecule has 2 N–H and O–H groups in total. The van der Waals surface area contributed by atoms with Crippen molar-refractivity contribution in [2.45, 2.75) is 58.8 Å². The van der Waals surface area contributed by atoms with Gasteiger partial charge in [-0.2, -0.15) is 0 Å². The lowest BCUT2D eigenvalue weighted by atomic mass is 10.0. The van der Waals surface area contributed by atoms with Crippen molar-refractivity contribution < 1.29 is 47.5 Å². The summed E-state index contributed by atoms with van der Waals surface area (Å²) >= 11 is 0. The predicted octanol–water partition coefficient (Wildman–Crippen LogP) is 2.89. The largest absolute Gasteiger partial charge is 0.469 e. The molecule has 1 amide bonds. The summed E-state index contributed by atoms with van der Waals surface area (Å²) in [6, 6.07) is 0. The van der Waals surface area contributed by atoms with Crippen molar-refractivity contribution in [3.63, 3.8) is 0 Å². The second-order valence-electron chi connectivity index (χ2n) is 11.6. The van der Waals surface area contributed by atoms with Crippen LogP contribution >= 0.6 is 0 Å². The minimum absolute atomic E-state index is 0.00259. The van der Waals surface area contributed by atoms with Gasteiger partial charge >= 0.3 is 18.0 Å². The number of aromatic nitrogens is 3.